The van der Waals surface area contributed by atoms with Crippen LogP contribution in [0.3, 0.4) is 0 Å². The van der Waals surface area contributed by atoms with Crippen LogP contribution in [0.4, 0.5) is 32.5 Å². The Labute approximate surface area is 308 Å². The van der Waals surface area contributed by atoms with Gasteiger partial charge in [0.2, 0.25) is 0 Å². The summed E-state index contributed by atoms with van der Waals surface area (Å²) in [7, 11) is 1.76. The summed E-state index contributed by atoms with van der Waals surface area (Å²) in [5, 5.41) is 14.5. The average molecular weight is 722 g/mol. The van der Waals surface area contributed by atoms with Crippen LogP contribution in [0.15, 0.2) is 107 Å². The topological polar surface area (TPSA) is 193 Å². The number of aryl methyl sites for hydroxylation is 1. The predicted octanol–water partition coefficient (Wildman–Crippen LogP) is 5.97. The number of hydrogen-bond acceptors (Lipinski definition) is 10. The second kappa shape index (κ2) is 14.5. The molecule has 0 fully saturated rings. The maximum atomic E-state index is 13.3. The zero-order chi connectivity index (χ0) is 38.8. The van der Waals surface area contributed by atoms with Gasteiger partial charge in [0.05, 0.1) is 6.20 Å². The Balaban J connectivity index is 1.63. The van der Waals surface area contributed by atoms with Crippen LogP contribution >= 0.6 is 0 Å². The lowest BCUT2D eigenvalue weighted by Gasteiger charge is -2.55. The largest absolute Gasteiger partial charge is 0.447 e. The van der Waals surface area contributed by atoms with Crippen molar-refractivity contribution in [2.45, 2.75) is 58.7 Å². The van der Waals surface area contributed by atoms with Crippen LogP contribution in [0.25, 0.3) is 0 Å². The lowest BCUT2D eigenvalue weighted by molar-refractivity contribution is -0.155. The van der Waals surface area contributed by atoms with Crippen LogP contribution in [0.1, 0.15) is 58.2 Å². The number of carbonyl (C=O) groups is 2. The van der Waals surface area contributed by atoms with Gasteiger partial charge in [-0.3, -0.25) is 14.3 Å². The summed E-state index contributed by atoms with van der Waals surface area (Å²) in [6.45, 7) is 10.5. The lowest BCUT2D eigenvalue weighted by atomic mass is 9.59. The molecule has 5 aromatic rings. The minimum absolute atomic E-state index is 0.0596. The highest BCUT2D eigenvalue weighted by Gasteiger charge is 2.60. The Morgan fingerprint density at radius 3 is 1.60 bits per heavy atom. The fraction of sp³-hybridized carbons (Fsp3) is 0.325. The zero-order valence-corrected chi connectivity index (χ0v) is 31.0. The lowest BCUT2D eigenvalue weighted by Crippen LogP contribution is -2.68. The van der Waals surface area contributed by atoms with Crippen molar-refractivity contribution in [1.29, 1.82) is 0 Å². The summed E-state index contributed by atoms with van der Waals surface area (Å²) in [5.41, 5.74) is 8.27. The molecule has 2 amide bonds. The summed E-state index contributed by atoms with van der Waals surface area (Å²) in [6.07, 6.45) is -0.609. The SMILES string of the molecule is Cn1ncc(Nc2c(NC(COC(N)=O)C(OC(N)=O)(C(C)(C)C)C(C)(C)C)c(=O)c2=O)c1NC(c1ccccc1)(c1ccccc1)c1ccccc1. The number of amides is 2. The molecule has 0 aliphatic carbocycles. The normalized spacial score (nSPS) is 12.9. The van der Waals surface area contributed by atoms with Gasteiger partial charge in [-0.25, -0.2) is 9.59 Å². The first-order chi connectivity index (χ1) is 24.9. The molecule has 0 spiro atoms. The van der Waals surface area contributed by atoms with Crippen molar-refractivity contribution in [3.8, 4) is 0 Å². The third kappa shape index (κ3) is 7.06. The second-order valence-electron chi connectivity index (χ2n) is 15.0. The fourth-order valence-electron chi connectivity index (χ4n) is 7.73. The zero-order valence-electron chi connectivity index (χ0n) is 31.0. The number of ether oxygens (including phenoxy) is 2. The van der Waals surface area contributed by atoms with Crippen molar-refractivity contribution in [1.82, 2.24) is 9.78 Å². The molecule has 1 aromatic heterocycles. The van der Waals surface area contributed by atoms with Crippen molar-refractivity contribution in [2.24, 2.45) is 29.3 Å². The Morgan fingerprint density at radius 2 is 1.19 bits per heavy atom. The molecule has 0 saturated carbocycles. The van der Waals surface area contributed by atoms with E-state index in [0.717, 1.165) is 16.7 Å². The smallest absolute Gasteiger partial charge is 0.405 e. The van der Waals surface area contributed by atoms with Crippen LogP contribution in [-0.2, 0) is 22.1 Å². The summed E-state index contributed by atoms with van der Waals surface area (Å²) in [5.74, 6) is 0.505. The monoisotopic (exact) mass is 721 g/mol. The fourth-order valence-corrected chi connectivity index (χ4v) is 7.73. The highest BCUT2D eigenvalue weighted by molar-refractivity contribution is 5.83. The van der Waals surface area contributed by atoms with Gasteiger partial charge in [-0.2, -0.15) is 5.10 Å². The van der Waals surface area contributed by atoms with Gasteiger partial charge in [0, 0.05) is 17.9 Å². The quantitative estimate of drug-likeness (QED) is 0.0715. The van der Waals surface area contributed by atoms with E-state index in [1.165, 1.54) is 0 Å². The molecule has 1 heterocycles. The third-order valence-corrected chi connectivity index (χ3v) is 9.73. The molecule has 1 unspecified atom stereocenters. The Morgan fingerprint density at radius 1 is 0.736 bits per heavy atom. The molecule has 4 aromatic carbocycles. The summed E-state index contributed by atoms with van der Waals surface area (Å²) in [6, 6.07) is 28.8. The highest BCUT2D eigenvalue weighted by Crippen LogP contribution is 2.50. The predicted molar refractivity (Wildman–Crippen MR) is 206 cm³/mol. The van der Waals surface area contributed by atoms with Crippen molar-refractivity contribution in [2.75, 3.05) is 22.6 Å². The summed E-state index contributed by atoms with van der Waals surface area (Å²) in [4.78, 5) is 51.1. The van der Waals surface area contributed by atoms with Gasteiger partial charge in [-0.1, -0.05) is 133 Å². The van der Waals surface area contributed by atoms with Gasteiger partial charge in [0.25, 0.3) is 10.9 Å². The molecule has 7 N–H and O–H groups in total. The Kier molecular flexibility index (Phi) is 10.4. The molecular formula is C40H47N7O6. The number of rotatable bonds is 13. The molecule has 13 heteroatoms. The van der Waals surface area contributed by atoms with E-state index in [1.807, 2.05) is 133 Å². The Bertz CT molecular complexity index is 2020. The van der Waals surface area contributed by atoms with E-state index in [2.05, 4.69) is 21.0 Å². The maximum Gasteiger partial charge on any atom is 0.405 e. The van der Waals surface area contributed by atoms with Gasteiger partial charge in [-0.15, -0.1) is 0 Å². The molecular weight excluding hydrogens is 674 g/mol. The number of aromatic nitrogens is 2. The molecule has 0 bridgehead atoms. The number of nitrogens with one attached hydrogen (secondary N) is 3. The van der Waals surface area contributed by atoms with Gasteiger partial charge in [-0.05, 0) is 16.7 Å². The maximum absolute atomic E-state index is 13.3. The summed E-state index contributed by atoms with van der Waals surface area (Å²) >= 11 is 0. The van der Waals surface area contributed by atoms with Crippen LogP contribution in [-0.4, -0.2) is 40.2 Å². The minimum atomic E-state index is -1.51. The number of nitrogens with two attached hydrogens (primary N) is 2. The number of carbonyl (C=O) groups excluding carboxylic acids is 2. The molecule has 278 valence electrons. The van der Waals surface area contributed by atoms with Crippen LogP contribution in [0.5, 0.6) is 0 Å². The van der Waals surface area contributed by atoms with Crippen molar-refractivity contribution < 1.29 is 19.1 Å². The Hall–Kier alpha value is -6.11. The van der Waals surface area contributed by atoms with Crippen molar-refractivity contribution >= 4 is 35.1 Å². The second-order valence-corrected chi connectivity index (χ2v) is 15.0. The molecule has 13 nitrogen and oxygen atoms in total. The van der Waals surface area contributed by atoms with E-state index in [0.29, 0.717) is 11.5 Å². The van der Waals surface area contributed by atoms with E-state index in [4.69, 9.17) is 20.9 Å². The molecule has 53 heavy (non-hydrogen) atoms. The first-order valence-electron chi connectivity index (χ1n) is 17.2. The summed E-state index contributed by atoms with van der Waals surface area (Å²) < 4.78 is 12.8. The van der Waals surface area contributed by atoms with Gasteiger partial charge < -0.3 is 36.9 Å². The van der Waals surface area contributed by atoms with E-state index in [1.54, 1.807) is 17.9 Å². The highest BCUT2D eigenvalue weighted by atomic mass is 16.6. The molecule has 5 rings (SSSR count). The number of anilines is 4. The molecule has 0 radical (unpaired) electrons. The average Bonchev–Trinajstić information content (AvgIpc) is 3.46. The molecule has 0 aliphatic heterocycles. The number of nitrogens with zero attached hydrogens (tertiary/aromatic N) is 2. The number of primary amides is 2. The first kappa shape index (κ1) is 38.1. The number of hydrogen-bond donors (Lipinski definition) is 5. The van der Waals surface area contributed by atoms with Crippen LogP contribution in [0, 0.1) is 10.8 Å². The van der Waals surface area contributed by atoms with Crippen LogP contribution < -0.4 is 38.3 Å². The van der Waals surface area contributed by atoms with Crippen molar-refractivity contribution in [3.05, 3.63) is 134 Å². The van der Waals surface area contributed by atoms with Crippen molar-refractivity contribution in [3.63, 3.8) is 0 Å². The van der Waals surface area contributed by atoms with E-state index >= 15 is 0 Å². The van der Waals surface area contributed by atoms with Gasteiger partial charge in [0.1, 0.15) is 46.7 Å². The van der Waals surface area contributed by atoms with Gasteiger partial charge >= 0.3 is 12.2 Å². The molecule has 0 saturated heterocycles. The first-order valence-corrected chi connectivity index (χ1v) is 17.2. The molecule has 1 atom stereocenters. The number of benzene rings is 3. The van der Waals surface area contributed by atoms with Gasteiger partial charge in [0.15, 0.2) is 0 Å². The standard InChI is InChI=1S/C40H47N7O6/c1-37(2,3)40(38(4,5)6,53-36(42)51)29(24-52-35(41)50)45-31-30(32(48)33(31)49)44-28-23-43-47(7)34(28)46-39(25-17-11-8-12-18-25,26-19-13-9-14-20-26)27-21-15-10-16-22-27/h8-23,29,44-46H,24H2,1-7H3,(H2,41,50)(H2,42,51). The third-order valence-electron chi connectivity index (χ3n) is 9.73. The van der Waals surface area contributed by atoms with E-state index < -0.39 is 57.7 Å². The van der Waals surface area contributed by atoms with E-state index in [-0.39, 0.29) is 11.4 Å². The molecule has 0 aliphatic rings. The van der Waals surface area contributed by atoms with Crippen LogP contribution in [0.2, 0.25) is 0 Å². The van der Waals surface area contributed by atoms with E-state index in [9.17, 15) is 19.2 Å². The minimum Gasteiger partial charge on any atom is -0.447 e.